The van der Waals surface area contributed by atoms with Gasteiger partial charge in [0.2, 0.25) is 5.91 Å². The van der Waals surface area contributed by atoms with Crippen molar-refractivity contribution in [1.82, 2.24) is 4.90 Å². The average molecular weight is 426 g/mol. The van der Waals surface area contributed by atoms with E-state index in [2.05, 4.69) is 46.4 Å². The third-order valence-electron chi connectivity index (χ3n) is 6.13. The first-order valence-electron chi connectivity index (χ1n) is 12.8. The van der Waals surface area contributed by atoms with Gasteiger partial charge in [0.05, 0.1) is 13.0 Å². The van der Waals surface area contributed by atoms with E-state index in [0.29, 0.717) is 24.4 Å². The van der Waals surface area contributed by atoms with Crippen LogP contribution in [0.3, 0.4) is 0 Å². The van der Waals surface area contributed by atoms with Gasteiger partial charge in [0.25, 0.3) is 0 Å². The SMILES string of the molecule is CCCCC(CC)CN(CC(CC)CCCC)C(=O)CCC(=O)OCCCC(C)C. The third-order valence-corrected chi connectivity index (χ3v) is 6.13. The maximum absolute atomic E-state index is 13.0. The number of carbonyl (C=O) groups excluding carboxylic acids is 2. The maximum atomic E-state index is 13.0. The lowest BCUT2D eigenvalue weighted by Crippen LogP contribution is -2.39. The van der Waals surface area contributed by atoms with Crippen LogP contribution in [0.4, 0.5) is 0 Å². The molecule has 2 unspecified atom stereocenters. The Hall–Kier alpha value is -1.06. The van der Waals surface area contributed by atoms with Crippen LogP contribution in [0.15, 0.2) is 0 Å². The molecule has 0 aliphatic heterocycles. The summed E-state index contributed by atoms with van der Waals surface area (Å²) in [5.41, 5.74) is 0. The normalized spacial score (nSPS) is 13.3. The Bertz CT molecular complexity index is 418. The molecule has 30 heavy (non-hydrogen) atoms. The van der Waals surface area contributed by atoms with Gasteiger partial charge in [-0.25, -0.2) is 0 Å². The quantitative estimate of drug-likeness (QED) is 0.165. The highest BCUT2D eigenvalue weighted by Crippen LogP contribution is 2.20. The van der Waals surface area contributed by atoms with Gasteiger partial charge in [-0.1, -0.05) is 80.1 Å². The summed E-state index contributed by atoms with van der Waals surface area (Å²) in [6.45, 7) is 15.4. The lowest BCUT2D eigenvalue weighted by atomic mass is 9.95. The summed E-state index contributed by atoms with van der Waals surface area (Å²) in [5.74, 6) is 1.63. The predicted molar refractivity (Wildman–Crippen MR) is 127 cm³/mol. The maximum Gasteiger partial charge on any atom is 0.306 e. The first kappa shape index (κ1) is 28.9. The number of ether oxygens (including phenoxy) is 1. The van der Waals surface area contributed by atoms with Crippen LogP contribution in [0.5, 0.6) is 0 Å². The molecule has 178 valence electrons. The smallest absolute Gasteiger partial charge is 0.306 e. The number of amides is 1. The van der Waals surface area contributed by atoms with Crippen molar-refractivity contribution in [1.29, 1.82) is 0 Å². The molecule has 0 fully saturated rings. The molecule has 4 heteroatoms. The van der Waals surface area contributed by atoms with Crippen LogP contribution in [0.25, 0.3) is 0 Å². The lowest BCUT2D eigenvalue weighted by molar-refractivity contribution is -0.146. The second-order valence-corrected chi connectivity index (χ2v) is 9.39. The van der Waals surface area contributed by atoms with Crippen molar-refractivity contribution in [2.75, 3.05) is 19.7 Å². The molecular weight excluding hydrogens is 374 g/mol. The Labute approximate surface area is 187 Å². The van der Waals surface area contributed by atoms with Gasteiger partial charge in [-0.15, -0.1) is 0 Å². The summed E-state index contributed by atoms with van der Waals surface area (Å²) >= 11 is 0. The van der Waals surface area contributed by atoms with Crippen LogP contribution in [0.1, 0.15) is 119 Å². The highest BCUT2D eigenvalue weighted by Gasteiger charge is 2.22. The summed E-state index contributed by atoms with van der Waals surface area (Å²) in [7, 11) is 0. The van der Waals surface area contributed by atoms with E-state index < -0.39 is 0 Å². The van der Waals surface area contributed by atoms with Gasteiger partial charge in [-0.2, -0.15) is 0 Å². The third kappa shape index (κ3) is 14.8. The number of esters is 1. The molecule has 0 rings (SSSR count). The largest absolute Gasteiger partial charge is 0.466 e. The van der Waals surface area contributed by atoms with Crippen LogP contribution in [0, 0.1) is 17.8 Å². The van der Waals surface area contributed by atoms with Crippen LogP contribution in [-0.4, -0.2) is 36.5 Å². The number of carbonyl (C=O) groups is 2. The van der Waals surface area contributed by atoms with Crippen LogP contribution < -0.4 is 0 Å². The number of hydrogen-bond acceptors (Lipinski definition) is 3. The minimum atomic E-state index is -0.233. The van der Waals surface area contributed by atoms with Crippen LogP contribution in [0.2, 0.25) is 0 Å². The van der Waals surface area contributed by atoms with Gasteiger partial charge in [-0.05, 0) is 43.4 Å². The average Bonchev–Trinajstić information content (AvgIpc) is 2.73. The van der Waals surface area contributed by atoms with Crippen molar-refractivity contribution in [2.24, 2.45) is 17.8 Å². The number of rotatable bonds is 19. The van der Waals surface area contributed by atoms with Crippen LogP contribution in [-0.2, 0) is 14.3 Å². The van der Waals surface area contributed by atoms with Gasteiger partial charge in [0.1, 0.15) is 0 Å². The molecule has 0 aliphatic carbocycles. The van der Waals surface area contributed by atoms with Crippen molar-refractivity contribution in [3.05, 3.63) is 0 Å². The first-order chi connectivity index (χ1) is 14.4. The second kappa shape index (κ2) is 18.7. The molecule has 0 spiro atoms. The van der Waals surface area contributed by atoms with Crippen molar-refractivity contribution < 1.29 is 14.3 Å². The zero-order valence-corrected chi connectivity index (χ0v) is 21.0. The molecule has 0 saturated heterocycles. The summed E-state index contributed by atoms with van der Waals surface area (Å²) in [6.07, 6.45) is 11.8. The molecule has 0 aliphatic rings. The first-order valence-corrected chi connectivity index (χ1v) is 12.8. The van der Waals surface area contributed by atoms with Crippen molar-refractivity contribution >= 4 is 11.9 Å². The fourth-order valence-electron chi connectivity index (χ4n) is 3.85. The Kier molecular flexibility index (Phi) is 18.0. The minimum Gasteiger partial charge on any atom is -0.466 e. The highest BCUT2D eigenvalue weighted by molar-refractivity contribution is 5.81. The van der Waals surface area contributed by atoms with Crippen LogP contribution >= 0.6 is 0 Å². The molecule has 0 aromatic rings. The van der Waals surface area contributed by atoms with E-state index in [-0.39, 0.29) is 24.7 Å². The standard InChI is InChI=1S/C26H51NO3/c1-7-11-15-23(9-3)20-27(21-24(10-4)16-12-8-2)25(28)17-18-26(29)30-19-13-14-22(5)6/h22-24H,7-21H2,1-6H3. The monoisotopic (exact) mass is 425 g/mol. The molecular formula is C26H51NO3. The molecule has 2 atom stereocenters. The summed E-state index contributed by atoms with van der Waals surface area (Å²) in [4.78, 5) is 27.2. The topological polar surface area (TPSA) is 46.6 Å². The molecule has 0 saturated carbocycles. The Morgan fingerprint density at radius 3 is 1.73 bits per heavy atom. The molecule has 4 nitrogen and oxygen atoms in total. The fraction of sp³-hybridized carbons (Fsp3) is 0.923. The zero-order valence-electron chi connectivity index (χ0n) is 21.0. The molecule has 0 heterocycles. The predicted octanol–water partition coefficient (Wildman–Crippen LogP) is 7.01. The van der Waals surface area contributed by atoms with Gasteiger partial charge in [0.15, 0.2) is 0 Å². The number of hydrogen-bond donors (Lipinski definition) is 0. The zero-order chi connectivity index (χ0) is 22.8. The van der Waals surface area contributed by atoms with Crippen molar-refractivity contribution in [3.63, 3.8) is 0 Å². The molecule has 0 aromatic heterocycles. The molecule has 0 radical (unpaired) electrons. The summed E-state index contributed by atoms with van der Waals surface area (Å²) in [5, 5.41) is 0. The fourth-order valence-corrected chi connectivity index (χ4v) is 3.85. The van der Waals surface area contributed by atoms with Gasteiger partial charge >= 0.3 is 5.97 Å². The van der Waals surface area contributed by atoms with Gasteiger partial charge in [-0.3, -0.25) is 9.59 Å². The van der Waals surface area contributed by atoms with Crippen molar-refractivity contribution in [3.8, 4) is 0 Å². The molecule has 1 amide bonds. The molecule has 0 aromatic carbocycles. The van der Waals surface area contributed by atoms with E-state index in [1.54, 1.807) is 0 Å². The van der Waals surface area contributed by atoms with E-state index in [0.717, 1.165) is 38.8 Å². The Morgan fingerprint density at radius 2 is 1.30 bits per heavy atom. The number of nitrogens with zero attached hydrogens (tertiary/aromatic N) is 1. The van der Waals surface area contributed by atoms with E-state index >= 15 is 0 Å². The van der Waals surface area contributed by atoms with E-state index in [9.17, 15) is 9.59 Å². The summed E-state index contributed by atoms with van der Waals surface area (Å²) in [6, 6.07) is 0. The van der Waals surface area contributed by atoms with Gasteiger partial charge in [0, 0.05) is 19.5 Å². The Balaban J connectivity index is 4.76. The molecule has 0 bridgehead atoms. The van der Waals surface area contributed by atoms with Gasteiger partial charge < -0.3 is 9.64 Å². The minimum absolute atomic E-state index is 0.124. The Morgan fingerprint density at radius 1 is 0.767 bits per heavy atom. The number of unbranched alkanes of at least 4 members (excludes halogenated alkanes) is 2. The second-order valence-electron chi connectivity index (χ2n) is 9.39. The van der Waals surface area contributed by atoms with E-state index in [1.165, 1.54) is 38.5 Å². The van der Waals surface area contributed by atoms with E-state index in [1.807, 2.05) is 0 Å². The highest BCUT2D eigenvalue weighted by atomic mass is 16.5. The van der Waals surface area contributed by atoms with Crippen molar-refractivity contribution in [2.45, 2.75) is 119 Å². The summed E-state index contributed by atoms with van der Waals surface area (Å²) < 4.78 is 5.32. The lowest BCUT2D eigenvalue weighted by Gasteiger charge is -2.31. The van der Waals surface area contributed by atoms with E-state index in [4.69, 9.17) is 4.74 Å². The molecule has 0 N–H and O–H groups in total.